The van der Waals surface area contributed by atoms with Crippen LogP contribution in [-0.2, 0) is 0 Å². The Morgan fingerprint density at radius 2 is 1.93 bits per heavy atom. The summed E-state index contributed by atoms with van der Waals surface area (Å²) in [6.07, 6.45) is 0.853. The number of hydrogen-bond acceptors (Lipinski definition) is 2. The predicted molar refractivity (Wildman–Crippen MR) is 56.0 cm³/mol. The van der Waals surface area contributed by atoms with E-state index in [9.17, 15) is 8.78 Å². The summed E-state index contributed by atoms with van der Waals surface area (Å²) in [4.78, 5) is 1.60. The molecule has 82 valence electrons. The van der Waals surface area contributed by atoms with Crippen LogP contribution in [-0.4, -0.2) is 20.1 Å². The van der Waals surface area contributed by atoms with Gasteiger partial charge < -0.3 is 10.6 Å². The van der Waals surface area contributed by atoms with E-state index < -0.39 is 11.6 Å². The van der Waals surface area contributed by atoms with Gasteiger partial charge in [-0.05, 0) is 18.1 Å². The van der Waals surface area contributed by atoms with Crippen LogP contribution in [0.15, 0.2) is 12.1 Å². The monoisotopic (exact) mass is 212 g/mol. The fourth-order valence-electron chi connectivity index (χ4n) is 1.88. The summed E-state index contributed by atoms with van der Waals surface area (Å²) >= 11 is 0. The normalized spacial score (nSPS) is 24.1. The summed E-state index contributed by atoms with van der Waals surface area (Å²) in [5.74, 6) is -1.41. The lowest BCUT2D eigenvalue weighted by Crippen LogP contribution is -2.15. The van der Waals surface area contributed by atoms with E-state index in [-0.39, 0.29) is 12.0 Å². The fraction of sp³-hybridized carbons (Fsp3) is 0.455. The van der Waals surface area contributed by atoms with Gasteiger partial charge in [0, 0.05) is 26.1 Å². The zero-order valence-corrected chi connectivity index (χ0v) is 8.80. The third-order valence-corrected chi connectivity index (χ3v) is 2.79. The first-order valence-corrected chi connectivity index (χ1v) is 4.93. The molecular formula is C11H14F2N2. The van der Waals surface area contributed by atoms with Gasteiger partial charge in [0.25, 0.3) is 0 Å². The summed E-state index contributed by atoms with van der Waals surface area (Å²) in [6.45, 7) is 0. The lowest BCUT2D eigenvalue weighted by molar-refractivity contribution is 0.507. The molecule has 1 aromatic carbocycles. The number of benzene rings is 1. The van der Waals surface area contributed by atoms with Crippen molar-refractivity contribution in [2.45, 2.75) is 18.4 Å². The van der Waals surface area contributed by atoms with Crippen LogP contribution in [0.4, 0.5) is 14.5 Å². The summed E-state index contributed by atoms with van der Waals surface area (Å²) in [5.41, 5.74) is 6.86. The number of nitrogens with zero attached hydrogens (tertiary/aromatic N) is 1. The van der Waals surface area contributed by atoms with Crippen molar-refractivity contribution in [1.82, 2.24) is 0 Å². The average Bonchev–Trinajstić information content (AvgIpc) is 2.86. The molecule has 1 fully saturated rings. The van der Waals surface area contributed by atoms with E-state index in [0.29, 0.717) is 5.69 Å². The lowest BCUT2D eigenvalue weighted by Gasteiger charge is -2.18. The quantitative estimate of drug-likeness (QED) is 0.810. The van der Waals surface area contributed by atoms with E-state index in [0.717, 1.165) is 12.0 Å². The van der Waals surface area contributed by atoms with Crippen molar-refractivity contribution < 1.29 is 8.78 Å². The SMILES string of the molecule is CN(C)c1c([C@@H]2C[C@H]2N)ccc(F)c1F. The van der Waals surface area contributed by atoms with Crippen molar-refractivity contribution in [1.29, 1.82) is 0 Å². The first-order chi connectivity index (χ1) is 7.02. The molecule has 0 radical (unpaired) electrons. The molecule has 2 atom stereocenters. The van der Waals surface area contributed by atoms with E-state index in [1.807, 2.05) is 0 Å². The van der Waals surface area contributed by atoms with Crippen molar-refractivity contribution in [2.24, 2.45) is 5.73 Å². The Kier molecular flexibility index (Phi) is 2.38. The second kappa shape index (κ2) is 3.45. The van der Waals surface area contributed by atoms with Gasteiger partial charge in [0.05, 0.1) is 5.69 Å². The maximum atomic E-state index is 13.6. The molecule has 0 aliphatic heterocycles. The summed E-state index contributed by atoms with van der Waals surface area (Å²) in [6, 6.07) is 2.89. The first kappa shape index (κ1) is 10.4. The highest BCUT2D eigenvalue weighted by molar-refractivity contribution is 5.57. The molecule has 0 heterocycles. The highest BCUT2D eigenvalue weighted by Gasteiger charge is 2.37. The smallest absolute Gasteiger partial charge is 0.182 e. The standard InChI is InChI=1S/C11H14F2N2/c1-15(2)11-6(7-5-9(7)14)3-4-8(12)10(11)13/h3-4,7,9H,5,14H2,1-2H3/t7-,9+/m0/s1. The zero-order chi connectivity index (χ0) is 11.2. The Morgan fingerprint density at radius 1 is 1.33 bits per heavy atom. The van der Waals surface area contributed by atoms with Crippen LogP contribution in [0.25, 0.3) is 0 Å². The van der Waals surface area contributed by atoms with Crippen LogP contribution < -0.4 is 10.6 Å². The number of rotatable bonds is 2. The molecule has 0 amide bonds. The van der Waals surface area contributed by atoms with Crippen LogP contribution in [0.5, 0.6) is 0 Å². The molecule has 1 aliphatic carbocycles. The van der Waals surface area contributed by atoms with Crippen LogP contribution in [0.1, 0.15) is 17.9 Å². The fourth-order valence-corrected chi connectivity index (χ4v) is 1.88. The van der Waals surface area contributed by atoms with E-state index >= 15 is 0 Å². The Bertz CT molecular complexity index is 390. The second-order valence-electron chi connectivity index (χ2n) is 4.20. The van der Waals surface area contributed by atoms with Gasteiger partial charge >= 0.3 is 0 Å². The predicted octanol–water partition coefficient (Wildman–Crippen LogP) is 1.85. The van der Waals surface area contributed by atoms with Gasteiger partial charge in [-0.2, -0.15) is 0 Å². The van der Waals surface area contributed by atoms with Gasteiger partial charge in [-0.1, -0.05) is 6.07 Å². The van der Waals surface area contributed by atoms with Gasteiger partial charge in [0.15, 0.2) is 11.6 Å². The number of anilines is 1. The minimum Gasteiger partial charge on any atom is -0.375 e. The van der Waals surface area contributed by atoms with Gasteiger partial charge in [0.1, 0.15) is 0 Å². The van der Waals surface area contributed by atoms with Crippen molar-refractivity contribution >= 4 is 5.69 Å². The minimum absolute atomic E-state index is 0.0913. The van der Waals surface area contributed by atoms with E-state index in [1.165, 1.54) is 6.07 Å². The third-order valence-electron chi connectivity index (χ3n) is 2.79. The maximum absolute atomic E-state index is 13.6. The Morgan fingerprint density at radius 3 is 2.40 bits per heavy atom. The third kappa shape index (κ3) is 1.69. The molecule has 1 aromatic rings. The van der Waals surface area contributed by atoms with E-state index in [2.05, 4.69) is 0 Å². The van der Waals surface area contributed by atoms with E-state index in [1.54, 1.807) is 25.1 Å². The summed E-state index contributed by atoms with van der Waals surface area (Å²) < 4.78 is 26.6. The van der Waals surface area contributed by atoms with Gasteiger partial charge in [-0.25, -0.2) is 8.78 Å². The van der Waals surface area contributed by atoms with Gasteiger partial charge in [-0.15, -0.1) is 0 Å². The zero-order valence-electron chi connectivity index (χ0n) is 8.80. The molecule has 4 heteroatoms. The molecule has 2 nitrogen and oxygen atoms in total. The van der Waals surface area contributed by atoms with Crippen LogP contribution in [0.3, 0.4) is 0 Å². The lowest BCUT2D eigenvalue weighted by atomic mass is 10.1. The molecule has 0 aromatic heterocycles. The molecule has 0 saturated heterocycles. The number of hydrogen-bond donors (Lipinski definition) is 1. The number of halogens is 2. The maximum Gasteiger partial charge on any atom is 0.182 e. The summed E-state index contributed by atoms with van der Waals surface area (Å²) in [7, 11) is 3.41. The van der Waals surface area contributed by atoms with Crippen LogP contribution >= 0.6 is 0 Å². The number of nitrogens with two attached hydrogens (primary N) is 1. The second-order valence-corrected chi connectivity index (χ2v) is 4.20. The minimum atomic E-state index is -0.809. The van der Waals surface area contributed by atoms with Crippen molar-refractivity contribution in [3.05, 3.63) is 29.3 Å². The molecule has 1 saturated carbocycles. The van der Waals surface area contributed by atoms with Crippen molar-refractivity contribution in [2.75, 3.05) is 19.0 Å². The largest absolute Gasteiger partial charge is 0.375 e. The Balaban J connectivity index is 2.50. The van der Waals surface area contributed by atoms with Gasteiger partial charge in [-0.3, -0.25) is 0 Å². The molecule has 15 heavy (non-hydrogen) atoms. The highest BCUT2D eigenvalue weighted by atomic mass is 19.2. The van der Waals surface area contributed by atoms with Crippen LogP contribution in [0.2, 0.25) is 0 Å². The molecule has 0 unspecified atom stereocenters. The van der Waals surface area contributed by atoms with Crippen molar-refractivity contribution in [3.8, 4) is 0 Å². The Labute approximate surface area is 87.7 Å². The molecule has 2 rings (SSSR count). The van der Waals surface area contributed by atoms with E-state index in [4.69, 9.17) is 5.73 Å². The highest BCUT2D eigenvalue weighted by Crippen LogP contribution is 2.44. The Hall–Kier alpha value is -1.16. The molecule has 2 N–H and O–H groups in total. The van der Waals surface area contributed by atoms with Gasteiger partial charge in [0.2, 0.25) is 0 Å². The molecule has 1 aliphatic rings. The van der Waals surface area contributed by atoms with Crippen molar-refractivity contribution in [3.63, 3.8) is 0 Å². The van der Waals surface area contributed by atoms with Crippen LogP contribution in [0, 0.1) is 11.6 Å². The summed E-state index contributed by atoms with van der Waals surface area (Å²) in [5, 5.41) is 0. The molecule has 0 spiro atoms. The topological polar surface area (TPSA) is 29.3 Å². The first-order valence-electron chi connectivity index (χ1n) is 4.93. The molecular weight excluding hydrogens is 198 g/mol. The average molecular weight is 212 g/mol. The molecule has 0 bridgehead atoms.